The first kappa shape index (κ1) is 18.5. The molecule has 0 aromatic carbocycles. The number of ether oxygens (including phenoxy) is 1. The van der Waals surface area contributed by atoms with Crippen LogP contribution in [0.3, 0.4) is 0 Å². The van der Waals surface area contributed by atoms with Gasteiger partial charge in [0.15, 0.2) is 0 Å². The molecule has 0 spiro atoms. The van der Waals surface area contributed by atoms with E-state index in [1.54, 1.807) is 0 Å². The summed E-state index contributed by atoms with van der Waals surface area (Å²) < 4.78 is 5.88. The van der Waals surface area contributed by atoms with E-state index in [2.05, 4.69) is 27.7 Å². The minimum absolute atomic E-state index is 0.0751. The molecule has 0 bridgehead atoms. The number of carbonyl (C=O) groups is 1. The van der Waals surface area contributed by atoms with Crippen molar-refractivity contribution in [3.63, 3.8) is 0 Å². The van der Waals surface area contributed by atoms with E-state index in [-0.39, 0.29) is 17.5 Å². The van der Waals surface area contributed by atoms with Gasteiger partial charge in [-0.1, -0.05) is 46.5 Å². The molecule has 0 heterocycles. The third kappa shape index (κ3) is 6.84. The first-order valence-electron chi connectivity index (χ1n) is 9.19. The molecule has 124 valence electrons. The van der Waals surface area contributed by atoms with E-state index in [4.69, 9.17) is 4.74 Å². The summed E-state index contributed by atoms with van der Waals surface area (Å²) in [5.41, 5.74) is -0.267. The summed E-state index contributed by atoms with van der Waals surface area (Å²) in [5.74, 6) is 0.726. The third-order valence-electron chi connectivity index (χ3n) is 4.92. The summed E-state index contributed by atoms with van der Waals surface area (Å²) in [6.45, 7) is 8.82. The second-order valence-electron chi connectivity index (χ2n) is 7.62. The molecular weight excluding hydrogens is 260 g/mol. The van der Waals surface area contributed by atoms with Gasteiger partial charge in [0.2, 0.25) is 0 Å². The maximum absolute atomic E-state index is 12.7. The molecule has 1 rings (SSSR count). The Morgan fingerprint density at radius 2 is 1.81 bits per heavy atom. The fraction of sp³-hybridized carbons (Fsp3) is 0.947. The van der Waals surface area contributed by atoms with E-state index in [0.717, 1.165) is 38.5 Å². The third-order valence-corrected chi connectivity index (χ3v) is 4.92. The predicted molar refractivity (Wildman–Crippen MR) is 89.3 cm³/mol. The number of rotatable bonds is 9. The fourth-order valence-electron chi connectivity index (χ4n) is 3.18. The lowest BCUT2D eigenvalue weighted by molar-refractivity contribution is -0.163. The lowest BCUT2D eigenvalue weighted by Gasteiger charge is -2.31. The van der Waals surface area contributed by atoms with Crippen molar-refractivity contribution >= 4 is 5.97 Å². The van der Waals surface area contributed by atoms with Crippen molar-refractivity contribution in [1.29, 1.82) is 0 Å². The number of unbranched alkanes of at least 4 members (excludes halogenated alkanes) is 2. The van der Waals surface area contributed by atoms with Crippen LogP contribution < -0.4 is 0 Å². The van der Waals surface area contributed by atoms with Crippen molar-refractivity contribution in [2.45, 2.75) is 104 Å². The van der Waals surface area contributed by atoms with Gasteiger partial charge in [0.1, 0.15) is 6.10 Å². The van der Waals surface area contributed by atoms with Gasteiger partial charge in [-0.15, -0.1) is 0 Å². The van der Waals surface area contributed by atoms with Gasteiger partial charge >= 0.3 is 5.97 Å². The number of esters is 1. The van der Waals surface area contributed by atoms with E-state index in [1.807, 2.05) is 0 Å². The van der Waals surface area contributed by atoms with Crippen LogP contribution in [0.25, 0.3) is 0 Å². The zero-order valence-corrected chi connectivity index (χ0v) is 14.7. The van der Waals surface area contributed by atoms with Crippen LogP contribution in [-0.2, 0) is 9.53 Å². The molecule has 2 nitrogen and oxygen atoms in total. The van der Waals surface area contributed by atoms with Crippen LogP contribution in [-0.4, -0.2) is 12.1 Å². The highest BCUT2D eigenvalue weighted by molar-refractivity contribution is 5.76. The average Bonchev–Trinajstić information content (AvgIpc) is 2.46. The smallest absolute Gasteiger partial charge is 0.312 e. The molecule has 1 atom stereocenters. The summed E-state index contributed by atoms with van der Waals surface area (Å²) in [7, 11) is 0. The van der Waals surface area contributed by atoms with Gasteiger partial charge in [0.25, 0.3) is 0 Å². The van der Waals surface area contributed by atoms with Gasteiger partial charge < -0.3 is 4.74 Å². The maximum atomic E-state index is 12.7. The summed E-state index contributed by atoms with van der Waals surface area (Å²) in [5, 5.41) is 0. The van der Waals surface area contributed by atoms with Crippen LogP contribution in [0.1, 0.15) is 98.3 Å². The predicted octanol–water partition coefficient (Wildman–Crippen LogP) is 5.89. The van der Waals surface area contributed by atoms with Crippen molar-refractivity contribution in [1.82, 2.24) is 0 Å². The lowest BCUT2D eigenvalue weighted by atomic mass is 9.78. The average molecular weight is 296 g/mol. The van der Waals surface area contributed by atoms with Crippen LogP contribution >= 0.6 is 0 Å². The summed E-state index contributed by atoms with van der Waals surface area (Å²) in [6, 6.07) is 0. The largest absolute Gasteiger partial charge is 0.462 e. The second-order valence-corrected chi connectivity index (χ2v) is 7.62. The topological polar surface area (TPSA) is 26.3 Å². The molecule has 21 heavy (non-hydrogen) atoms. The maximum Gasteiger partial charge on any atom is 0.312 e. The van der Waals surface area contributed by atoms with E-state index in [1.165, 1.54) is 32.1 Å². The fourth-order valence-corrected chi connectivity index (χ4v) is 3.18. The van der Waals surface area contributed by atoms with Crippen molar-refractivity contribution in [2.24, 2.45) is 11.3 Å². The highest BCUT2D eigenvalue weighted by atomic mass is 16.5. The highest BCUT2D eigenvalue weighted by Crippen LogP contribution is 2.35. The molecule has 0 aliphatic heterocycles. The molecule has 1 saturated carbocycles. The van der Waals surface area contributed by atoms with E-state index in [0.29, 0.717) is 5.92 Å². The molecule has 0 N–H and O–H groups in total. The summed E-state index contributed by atoms with van der Waals surface area (Å²) in [4.78, 5) is 12.7. The Kier molecular flexibility index (Phi) is 8.36. The summed E-state index contributed by atoms with van der Waals surface area (Å²) in [6.07, 6.45) is 12.7. The molecule has 1 fully saturated rings. The van der Waals surface area contributed by atoms with Gasteiger partial charge in [-0.05, 0) is 57.8 Å². The molecule has 1 aliphatic carbocycles. The molecule has 0 radical (unpaired) electrons. The van der Waals surface area contributed by atoms with Crippen LogP contribution in [0, 0.1) is 11.3 Å². The zero-order valence-electron chi connectivity index (χ0n) is 14.7. The molecule has 0 aromatic heterocycles. The van der Waals surface area contributed by atoms with Crippen molar-refractivity contribution in [3.8, 4) is 0 Å². The van der Waals surface area contributed by atoms with E-state index < -0.39 is 0 Å². The van der Waals surface area contributed by atoms with Crippen LogP contribution in [0.15, 0.2) is 0 Å². The van der Waals surface area contributed by atoms with Crippen LogP contribution in [0.2, 0.25) is 0 Å². The Balaban J connectivity index is 2.56. The molecule has 0 saturated heterocycles. The van der Waals surface area contributed by atoms with Gasteiger partial charge in [0.05, 0.1) is 5.41 Å². The van der Waals surface area contributed by atoms with E-state index >= 15 is 0 Å². The Morgan fingerprint density at radius 1 is 1.14 bits per heavy atom. The summed E-state index contributed by atoms with van der Waals surface area (Å²) >= 11 is 0. The van der Waals surface area contributed by atoms with Gasteiger partial charge in [-0.25, -0.2) is 0 Å². The Labute approximate surface area is 132 Å². The SMILES string of the molecule is CCCCCC(C)(CCC(C)C)C(=O)OC1CCCCC1. The number of hydrogen-bond donors (Lipinski definition) is 0. The van der Waals surface area contributed by atoms with Crippen molar-refractivity contribution in [3.05, 3.63) is 0 Å². The molecule has 2 heteroatoms. The zero-order chi connectivity index (χ0) is 15.7. The Hall–Kier alpha value is -0.530. The minimum atomic E-state index is -0.267. The number of carbonyl (C=O) groups excluding carboxylic acids is 1. The van der Waals surface area contributed by atoms with E-state index in [9.17, 15) is 4.79 Å². The molecule has 0 amide bonds. The van der Waals surface area contributed by atoms with Crippen molar-refractivity contribution < 1.29 is 9.53 Å². The highest BCUT2D eigenvalue weighted by Gasteiger charge is 2.35. The second kappa shape index (κ2) is 9.48. The molecular formula is C19H36O2. The molecule has 0 aromatic rings. The van der Waals surface area contributed by atoms with Crippen molar-refractivity contribution in [2.75, 3.05) is 0 Å². The molecule has 1 unspecified atom stereocenters. The quantitative estimate of drug-likeness (QED) is 0.392. The van der Waals surface area contributed by atoms with Crippen LogP contribution in [0.5, 0.6) is 0 Å². The Morgan fingerprint density at radius 3 is 2.38 bits per heavy atom. The van der Waals surface area contributed by atoms with Gasteiger partial charge in [-0.3, -0.25) is 4.79 Å². The first-order chi connectivity index (χ1) is 9.98. The monoisotopic (exact) mass is 296 g/mol. The Bertz CT molecular complexity index is 292. The van der Waals surface area contributed by atoms with Gasteiger partial charge in [-0.2, -0.15) is 0 Å². The number of hydrogen-bond acceptors (Lipinski definition) is 2. The lowest BCUT2D eigenvalue weighted by Crippen LogP contribution is -2.34. The standard InChI is InChI=1S/C19H36O2/c1-5-6-10-14-19(4,15-13-16(2)3)18(20)21-17-11-8-7-9-12-17/h16-17H,5-15H2,1-4H3. The first-order valence-corrected chi connectivity index (χ1v) is 9.19. The normalized spacial score (nSPS) is 19.5. The minimum Gasteiger partial charge on any atom is -0.462 e. The van der Waals surface area contributed by atoms with Crippen LogP contribution in [0.4, 0.5) is 0 Å². The molecule has 1 aliphatic rings. The van der Waals surface area contributed by atoms with Gasteiger partial charge in [0, 0.05) is 0 Å².